The van der Waals surface area contributed by atoms with Gasteiger partial charge in [-0.25, -0.2) is 18.3 Å². The molecule has 10 heteroatoms. The minimum Gasteiger partial charge on any atom is -0.444 e. The average Bonchev–Trinajstić information content (AvgIpc) is 3.40. The van der Waals surface area contributed by atoms with Crippen LogP contribution in [0.4, 0.5) is 4.79 Å². The Kier molecular flexibility index (Phi) is 7.75. The highest BCUT2D eigenvalue weighted by Crippen LogP contribution is 2.34. The quantitative estimate of drug-likeness (QED) is 0.550. The van der Waals surface area contributed by atoms with Crippen LogP contribution in [0.25, 0.3) is 5.65 Å². The zero-order chi connectivity index (χ0) is 25.9. The molecular formula is C26H33N5O4S. The summed E-state index contributed by atoms with van der Waals surface area (Å²) in [5, 5.41) is 2.91. The van der Waals surface area contributed by atoms with Crippen LogP contribution >= 0.6 is 0 Å². The standard InChI is InChI=1S/C26H33N5O4S/c1-5-7-19(14-28-24(32)20-9-10-23-27-11-12-29(23)15-20)8-6-13-36(34)30-16-21-17-31(22(21)18-30)25(33)35-26(2,3)4/h5-12,15,21-22H,1,13-14,16-18H2,2-4H3,(H,28,32)/b8-6-,19-7+. The third kappa shape index (κ3) is 6.11. The van der Waals surface area contributed by atoms with Crippen LogP contribution in [-0.2, 0) is 15.7 Å². The van der Waals surface area contributed by atoms with Crippen molar-refractivity contribution >= 4 is 28.6 Å². The molecule has 4 heterocycles. The van der Waals surface area contributed by atoms with Crippen LogP contribution in [0.3, 0.4) is 0 Å². The van der Waals surface area contributed by atoms with Gasteiger partial charge in [-0.3, -0.25) is 4.79 Å². The smallest absolute Gasteiger partial charge is 0.410 e. The van der Waals surface area contributed by atoms with E-state index in [4.69, 9.17) is 4.74 Å². The van der Waals surface area contributed by atoms with E-state index in [1.54, 1.807) is 46.1 Å². The second kappa shape index (κ2) is 10.8. The van der Waals surface area contributed by atoms with Crippen LogP contribution < -0.4 is 5.32 Å². The summed E-state index contributed by atoms with van der Waals surface area (Å²) in [4.78, 5) is 30.9. The van der Waals surface area contributed by atoms with Gasteiger partial charge in [0.05, 0.1) is 28.3 Å². The number of nitrogens with one attached hydrogen (secondary N) is 1. The molecule has 2 fully saturated rings. The monoisotopic (exact) mass is 511 g/mol. The van der Waals surface area contributed by atoms with E-state index in [9.17, 15) is 13.8 Å². The molecule has 192 valence electrons. The average molecular weight is 512 g/mol. The van der Waals surface area contributed by atoms with Gasteiger partial charge in [0, 0.05) is 50.7 Å². The molecule has 0 spiro atoms. The summed E-state index contributed by atoms with van der Waals surface area (Å²) in [7, 11) is -1.20. The van der Waals surface area contributed by atoms with Crippen molar-refractivity contribution in [1.82, 2.24) is 23.9 Å². The molecule has 0 aromatic carbocycles. The summed E-state index contributed by atoms with van der Waals surface area (Å²) in [6.07, 6.45) is 12.1. The number of likely N-dealkylation sites (tertiary alicyclic amines) is 1. The number of allylic oxidation sites excluding steroid dienone is 2. The van der Waals surface area contributed by atoms with Crippen LogP contribution in [-0.4, -0.2) is 78.4 Å². The molecule has 3 unspecified atom stereocenters. The molecule has 0 saturated carbocycles. The van der Waals surface area contributed by atoms with E-state index in [0.29, 0.717) is 43.4 Å². The molecule has 0 aliphatic carbocycles. The number of carbonyl (C=O) groups excluding carboxylic acids is 2. The maximum absolute atomic E-state index is 12.9. The number of pyridine rings is 1. The maximum atomic E-state index is 12.9. The molecule has 36 heavy (non-hydrogen) atoms. The van der Waals surface area contributed by atoms with Crippen molar-refractivity contribution in [2.45, 2.75) is 32.4 Å². The van der Waals surface area contributed by atoms with Gasteiger partial charge in [0.2, 0.25) is 0 Å². The van der Waals surface area contributed by atoms with Crippen molar-refractivity contribution < 1.29 is 18.5 Å². The van der Waals surface area contributed by atoms with E-state index >= 15 is 0 Å². The lowest BCUT2D eigenvalue weighted by atomic mass is 9.93. The number of nitrogens with zero attached hydrogens (tertiary/aromatic N) is 4. The van der Waals surface area contributed by atoms with E-state index in [1.165, 1.54) is 0 Å². The van der Waals surface area contributed by atoms with E-state index in [1.807, 2.05) is 43.3 Å². The molecular weight excluding hydrogens is 478 g/mol. The summed E-state index contributed by atoms with van der Waals surface area (Å²) in [5.74, 6) is 0.490. The fraction of sp³-hybridized carbons (Fsp3) is 0.423. The molecule has 1 N–H and O–H groups in total. The van der Waals surface area contributed by atoms with Crippen LogP contribution in [0.2, 0.25) is 0 Å². The first-order valence-electron chi connectivity index (χ1n) is 12.0. The summed E-state index contributed by atoms with van der Waals surface area (Å²) in [5.41, 5.74) is 1.63. The van der Waals surface area contributed by atoms with Gasteiger partial charge in [0.1, 0.15) is 11.2 Å². The first-order chi connectivity index (χ1) is 17.1. The Hall–Kier alpha value is -3.24. The predicted octanol–water partition coefficient (Wildman–Crippen LogP) is 2.95. The molecule has 2 aromatic heterocycles. The van der Waals surface area contributed by atoms with Crippen molar-refractivity contribution in [1.29, 1.82) is 0 Å². The van der Waals surface area contributed by atoms with Crippen molar-refractivity contribution in [2.75, 3.05) is 31.9 Å². The lowest BCUT2D eigenvalue weighted by Gasteiger charge is -2.43. The number of hydrogen-bond acceptors (Lipinski definition) is 5. The van der Waals surface area contributed by atoms with Gasteiger partial charge in [-0.15, -0.1) is 0 Å². The zero-order valence-corrected chi connectivity index (χ0v) is 21.7. The van der Waals surface area contributed by atoms with Crippen LogP contribution in [0.1, 0.15) is 31.1 Å². The Balaban J connectivity index is 1.26. The Bertz CT molecular complexity index is 1230. The Labute approximate surface area is 214 Å². The highest BCUT2D eigenvalue weighted by molar-refractivity contribution is 7.82. The van der Waals surface area contributed by atoms with Gasteiger partial charge in [-0.2, -0.15) is 0 Å². The Morgan fingerprint density at radius 3 is 2.83 bits per heavy atom. The number of rotatable bonds is 8. The van der Waals surface area contributed by atoms with Gasteiger partial charge in [0.15, 0.2) is 0 Å². The third-order valence-corrected chi connectivity index (χ3v) is 7.48. The molecule has 2 amide bonds. The molecule has 4 rings (SSSR count). The molecule has 0 bridgehead atoms. The van der Waals surface area contributed by atoms with Gasteiger partial charge < -0.3 is 19.4 Å². The summed E-state index contributed by atoms with van der Waals surface area (Å²) < 4.78 is 22.1. The van der Waals surface area contributed by atoms with E-state index < -0.39 is 16.6 Å². The van der Waals surface area contributed by atoms with Gasteiger partial charge in [-0.05, 0) is 38.5 Å². The number of fused-ring (bicyclic) bond motifs is 2. The zero-order valence-electron chi connectivity index (χ0n) is 20.9. The number of imidazole rings is 1. The summed E-state index contributed by atoms with van der Waals surface area (Å²) in [6.45, 7) is 11.5. The summed E-state index contributed by atoms with van der Waals surface area (Å²) in [6, 6.07) is 3.59. The number of carbonyl (C=O) groups is 2. The maximum Gasteiger partial charge on any atom is 0.410 e. The van der Waals surface area contributed by atoms with Crippen molar-refractivity contribution in [3.8, 4) is 0 Å². The second-order valence-corrected chi connectivity index (χ2v) is 11.5. The lowest BCUT2D eigenvalue weighted by Crippen LogP contribution is -2.59. The topological polar surface area (TPSA) is 96.3 Å². The molecule has 2 aromatic rings. The van der Waals surface area contributed by atoms with Crippen molar-refractivity contribution in [3.05, 3.63) is 72.7 Å². The Morgan fingerprint density at radius 2 is 2.08 bits per heavy atom. The third-order valence-electron chi connectivity index (χ3n) is 6.13. The fourth-order valence-electron chi connectivity index (χ4n) is 4.35. The number of aromatic nitrogens is 2. The van der Waals surface area contributed by atoms with Crippen LogP contribution in [0.5, 0.6) is 0 Å². The first-order valence-corrected chi connectivity index (χ1v) is 13.2. The van der Waals surface area contributed by atoms with E-state index in [-0.39, 0.29) is 18.0 Å². The van der Waals surface area contributed by atoms with Crippen molar-refractivity contribution in [2.24, 2.45) is 5.92 Å². The number of amides is 2. The number of ether oxygens (including phenoxy) is 1. The van der Waals surface area contributed by atoms with E-state index in [0.717, 1.165) is 11.2 Å². The minimum absolute atomic E-state index is 0.0563. The van der Waals surface area contributed by atoms with Crippen LogP contribution in [0, 0.1) is 5.92 Å². The highest BCUT2D eigenvalue weighted by Gasteiger charge is 2.50. The van der Waals surface area contributed by atoms with Gasteiger partial charge in [-0.1, -0.05) is 30.9 Å². The minimum atomic E-state index is -1.20. The largest absolute Gasteiger partial charge is 0.444 e. The number of hydrogen-bond donors (Lipinski definition) is 1. The second-order valence-electron chi connectivity index (χ2n) is 9.97. The van der Waals surface area contributed by atoms with Gasteiger partial charge >= 0.3 is 6.09 Å². The Morgan fingerprint density at radius 1 is 1.28 bits per heavy atom. The molecule has 3 atom stereocenters. The van der Waals surface area contributed by atoms with Crippen molar-refractivity contribution in [3.63, 3.8) is 0 Å². The van der Waals surface area contributed by atoms with E-state index in [2.05, 4.69) is 16.9 Å². The predicted molar refractivity (Wildman–Crippen MR) is 140 cm³/mol. The van der Waals surface area contributed by atoms with Crippen LogP contribution in [0.15, 0.2) is 67.2 Å². The van der Waals surface area contributed by atoms with Gasteiger partial charge in [0.25, 0.3) is 5.91 Å². The normalized spacial score (nSPS) is 21.3. The molecule has 2 aliphatic rings. The molecule has 2 aliphatic heterocycles. The first kappa shape index (κ1) is 25.8. The molecule has 0 radical (unpaired) electrons. The SMILES string of the molecule is C=C/C=C(\C=C/CS(=O)N1CC2CN(C(=O)OC(C)(C)C)C2C1)CNC(=O)c1ccc2nccn2c1. The molecule has 2 saturated heterocycles. The lowest BCUT2D eigenvalue weighted by molar-refractivity contribution is -0.0164. The molecule has 9 nitrogen and oxygen atoms in total. The highest BCUT2D eigenvalue weighted by atomic mass is 32.2. The summed E-state index contributed by atoms with van der Waals surface area (Å²) >= 11 is 0. The fourth-order valence-corrected chi connectivity index (χ4v) is 5.49.